The molecule has 90 valence electrons. The highest BCUT2D eigenvalue weighted by molar-refractivity contribution is 7.99. The Balaban J connectivity index is 2.18. The van der Waals surface area contributed by atoms with Gasteiger partial charge in [0.2, 0.25) is 5.91 Å². The lowest BCUT2D eigenvalue weighted by Gasteiger charge is -2.39. The first kappa shape index (κ1) is 11.8. The van der Waals surface area contributed by atoms with Crippen molar-refractivity contribution in [1.82, 2.24) is 4.90 Å². The van der Waals surface area contributed by atoms with E-state index in [-0.39, 0.29) is 23.3 Å². The molecule has 2 aliphatic rings. The number of fused-ring (bicyclic) bond motifs is 1. The molecule has 0 radical (unpaired) electrons. The molecule has 1 unspecified atom stereocenters. The van der Waals surface area contributed by atoms with Gasteiger partial charge in [0.05, 0.1) is 12.5 Å². The molecule has 0 N–H and O–H groups in total. The van der Waals surface area contributed by atoms with E-state index in [0.717, 1.165) is 31.4 Å². The lowest BCUT2D eigenvalue weighted by Crippen LogP contribution is -2.51. The van der Waals surface area contributed by atoms with E-state index < -0.39 is 0 Å². The molecule has 0 aromatic heterocycles. The van der Waals surface area contributed by atoms with Gasteiger partial charge < -0.3 is 9.64 Å². The number of hydrogen-bond donors (Lipinski definition) is 0. The van der Waals surface area contributed by atoms with E-state index in [2.05, 4.69) is 0 Å². The Morgan fingerprint density at radius 2 is 2.25 bits per heavy atom. The summed E-state index contributed by atoms with van der Waals surface area (Å²) in [5.74, 6) is 0.867. The highest BCUT2D eigenvalue weighted by atomic mass is 32.2. The highest BCUT2D eigenvalue weighted by Crippen LogP contribution is 2.34. The van der Waals surface area contributed by atoms with E-state index >= 15 is 0 Å². The smallest absolute Gasteiger partial charge is 0.328 e. The average molecular weight is 243 g/mol. The third-order valence-electron chi connectivity index (χ3n) is 3.18. The van der Waals surface area contributed by atoms with Gasteiger partial charge in [-0.2, -0.15) is 0 Å². The van der Waals surface area contributed by atoms with Crippen LogP contribution in [0.15, 0.2) is 0 Å². The summed E-state index contributed by atoms with van der Waals surface area (Å²) in [6, 6.07) is -0.346. The predicted molar refractivity (Wildman–Crippen MR) is 62.0 cm³/mol. The van der Waals surface area contributed by atoms with Crippen molar-refractivity contribution in [3.8, 4) is 0 Å². The molecule has 5 heteroatoms. The molecule has 2 fully saturated rings. The first-order valence-corrected chi connectivity index (χ1v) is 6.79. The van der Waals surface area contributed by atoms with Crippen LogP contribution >= 0.6 is 11.8 Å². The fourth-order valence-corrected chi connectivity index (χ4v) is 3.74. The lowest BCUT2D eigenvalue weighted by atomic mass is 10.0. The monoisotopic (exact) mass is 243 g/mol. The van der Waals surface area contributed by atoms with Crippen molar-refractivity contribution in [3.05, 3.63) is 0 Å². The maximum Gasteiger partial charge on any atom is 0.328 e. The van der Waals surface area contributed by atoms with Crippen molar-refractivity contribution in [1.29, 1.82) is 0 Å². The number of nitrogens with zero attached hydrogens (tertiary/aromatic N) is 1. The Bertz CT molecular complexity index is 295. The van der Waals surface area contributed by atoms with Crippen molar-refractivity contribution in [3.63, 3.8) is 0 Å². The molecular formula is C11H17NO3S. The normalized spacial score (nSPS) is 30.6. The highest BCUT2D eigenvalue weighted by Gasteiger charge is 2.39. The molecule has 2 rings (SSSR count). The van der Waals surface area contributed by atoms with Gasteiger partial charge in [-0.3, -0.25) is 4.79 Å². The fraction of sp³-hybridized carbons (Fsp3) is 0.818. The zero-order chi connectivity index (χ0) is 11.5. The minimum atomic E-state index is -0.346. The van der Waals surface area contributed by atoms with Gasteiger partial charge in [-0.05, 0) is 31.4 Å². The van der Waals surface area contributed by atoms with Gasteiger partial charge in [0.15, 0.2) is 0 Å². The van der Waals surface area contributed by atoms with Gasteiger partial charge in [0.1, 0.15) is 6.04 Å². The van der Waals surface area contributed by atoms with Crippen LogP contribution in [0, 0.1) is 0 Å². The van der Waals surface area contributed by atoms with Gasteiger partial charge in [0, 0.05) is 6.42 Å². The zero-order valence-electron chi connectivity index (χ0n) is 9.48. The third kappa shape index (κ3) is 2.19. The molecule has 2 atom stereocenters. The van der Waals surface area contributed by atoms with Gasteiger partial charge in [-0.15, -0.1) is 11.8 Å². The fourth-order valence-electron chi connectivity index (χ4n) is 2.40. The summed E-state index contributed by atoms with van der Waals surface area (Å²) < 4.78 is 4.79. The van der Waals surface area contributed by atoms with E-state index in [4.69, 9.17) is 4.74 Å². The lowest BCUT2D eigenvalue weighted by molar-refractivity contribution is -0.155. The van der Waals surface area contributed by atoms with E-state index in [1.165, 1.54) is 7.11 Å². The Labute approximate surface area is 99.7 Å². The minimum Gasteiger partial charge on any atom is -0.467 e. The molecule has 2 heterocycles. The van der Waals surface area contributed by atoms with E-state index in [1.54, 1.807) is 16.7 Å². The second kappa shape index (κ2) is 5.08. The van der Waals surface area contributed by atoms with Gasteiger partial charge in [-0.25, -0.2) is 4.79 Å². The van der Waals surface area contributed by atoms with Crippen molar-refractivity contribution in [2.75, 3.05) is 12.9 Å². The van der Waals surface area contributed by atoms with Crippen LogP contribution < -0.4 is 0 Å². The van der Waals surface area contributed by atoms with Crippen LogP contribution in [0.25, 0.3) is 0 Å². The molecular weight excluding hydrogens is 226 g/mol. The largest absolute Gasteiger partial charge is 0.467 e. The van der Waals surface area contributed by atoms with Crippen molar-refractivity contribution < 1.29 is 14.3 Å². The van der Waals surface area contributed by atoms with E-state index in [0.29, 0.717) is 6.42 Å². The van der Waals surface area contributed by atoms with Crippen molar-refractivity contribution in [2.45, 2.75) is 43.5 Å². The standard InChI is InChI=1S/C11H17NO3S/c1-15-11(14)8-4-2-6-10-12(8)9(13)5-3-7-16-10/h8,10H,2-7H2,1H3/t8-,10?/m0/s1. The van der Waals surface area contributed by atoms with Gasteiger partial charge in [-0.1, -0.05) is 0 Å². The number of piperidine rings is 1. The number of methoxy groups -OCH3 is 1. The molecule has 0 spiro atoms. The molecule has 2 aliphatic heterocycles. The Morgan fingerprint density at radius 1 is 1.44 bits per heavy atom. The summed E-state index contributed by atoms with van der Waals surface area (Å²) >= 11 is 1.80. The maximum absolute atomic E-state index is 12.0. The van der Waals surface area contributed by atoms with Crippen molar-refractivity contribution >= 4 is 23.6 Å². The van der Waals surface area contributed by atoms with Crippen molar-refractivity contribution in [2.24, 2.45) is 0 Å². The average Bonchev–Trinajstić information content (AvgIpc) is 2.50. The van der Waals surface area contributed by atoms with Gasteiger partial charge >= 0.3 is 5.97 Å². The molecule has 2 saturated heterocycles. The Morgan fingerprint density at radius 3 is 3.00 bits per heavy atom. The van der Waals surface area contributed by atoms with Crippen LogP contribution in [0.3, 0.4) is 0 Å². The predicted octanol–water partition coefficient (Wildman–Crippen LogP) is 1.39. The van der Waals surface area contributed by atoms with Gasteiger partial charge in [0.25, 0.3) is 0 Å². The van der Waals surface area contributed by atoms with Crippen LogP contribution in [0.4, 0.5) is 0 Å². The topological polar surface area (TPSA) is 46.6 Å². The van der Waals surface area contributed by atoms with E-state index in [9.17, 15) is 9.59 Å². The maximum atomic E-state index is 12.0. The van der Waals surface area contributed by atoms with Crippen LogP contribution in [0.5, 0.6) is 0 Å². The number of ether oxygens (including phenoxy) is 1. The number of carbonyl (C=O) groups is 2. The Kier molecular flexibility index (Phi) is 3.74. The van der Waals surface area contributed by atoms with Crippen LogP contribution in [-0.2, 0) is 14.3 Å². The summed E-state index contributed by atoms with van der Waals surface area (Å²) in [6.07, 6.45) is 4.24. The summed E-state index contributed by atoms with van der Waals surface area (Å²) in [7, 11) is 1.39. The molecule has 4 nitrogen and oxygen atoms in total. The quantitative estimate of drug-likeness (QED) is 0.653. The van der Waals surface area contributed by atoms with Crippen LogP contribution in [-0.4, -0.2) is 41.1 Å². The number of esters is 1. The number of hydrogen-bond acceptors (Lipinski definition) is 4. The first-order valence-electron chi connectivity index (χ1n) is 5.74. The molecule has 1 amide bonds. The molecule has 0 bridgehead atoms. The number of rotatable bonds is 1. The SMILES string of the molecule is COC(=O)[C@@H]1CCCC2SCCCC(=O)N21. The number of thioether (sulfide) groups is 1. The number of carbonyl (C=O) groups excluding carboxylic acids is 2. The molecule has 16 heavy (non-hydrogen) atoms. The Hall–Kier alpha value is -0.710. The van der Waals surface area contributed by atoms with Crippen LogP contribution in [0.2, 0.25) is 0 Å². The number of amides is 1. The summed E-state index contributed by atoms with van der Waals surface area (Å²) in [5.41, 5.74) is 0. The zero-order valence-corrected chi connectivity index (χ0v) is 10.3. The van der Waals surface area contributed by atoms with Crippen LogP contribution in [0.1, 0.15) is 32.1 Å². The first-order chi connectivity index (χ1) is 7.74. The summed E-state index contributed by atoms with van der Waals surface area (Å²) in [4.78, 5) is 25.4. The summed E-state index contributed by atoms with van der Waals surface area (Å²) in [6.45, 7) is 0. The third-order valence-corrected chi connectivity index (χ3v) is 4.55. The molecule has 0 aromatic carbocycles. The van der Waals surface area contributed by atoms with E-state index in [1.807, 2.05) is 0 Å². The summed E-state index contributed by atoms with van der Waals surface area (Å²) in [5, 5.41) is 0.188. The molecule has 0 aromatic rings. The minimum absolute atomic E-state index is 0.116. The second-order valence-electron chi connectivity index (χ2n) is 4.20. The molecule has 0 aliphatic carbocycles. The second-order valence-corrected chi connectivity index (χ2v) is 5.49. The molecule has 0 saturated carbocycles.